The Hall–Kier alpha value is -0.830. The van der Waals surface area contributed by atoms with Crippen molar-refractivity contribution < 1.29 is 4.79 Å². The minimum Gasteiger partial charge on any atom is -0.352 e. The van der Waals surface area contributed by atoms with Gasteiger partial charge in [-0.2, -0.15) is 0 Å². The van der Waals surface area contributed by atoms with Crippen LogP contribution in [0.1, 0.15) is 22.9 Å². The molecular weight excluding hydrogens is 170 g/mol. The SMILES string of the molecule is CC(=O)NCc1csc(C)c1C. The smallest absolute Gasteiger partial charge is 0.217 e. The maximum Gasteiger partial charge on any atom is 0.217 e. The topological polar surface area (TPSA) is 29.1 Å². The molecule has 0 saturated heterocycles. The van der Waals surface area contributed by atoms with E-state index in [4.69, 9.17) is 0 Å². The molecule has 0 unspecified atom stereocenters. The van der Waals surface area contributed by atoms with Gasteiger partial charge in [0.15, 0.2) is 0 Å². The second-order valence-corrected chi connectivity index (χ2v) is 3.94. The van der Waals surface area contributed by atoms with E-state index in [0.717, 1.165) is 0 Å². The lowest BCUT2D eigenvalue weighted by Crippen LogP contribution is -2.18. The van der Waals surface area contributed by atoms with Gasteiger partial charge in [-0.1, -0.05) is 0 Å². The van der Waals surface area contributed by atoms with Crippen molar-refractivity contribution in [2.45, 2.75) is 27.3 Å². The van der Waals surface area contributed by atoms with Crippen LogP contribution in [-0.2, 0) is 11.3 Å². The molecule has 12 heavy (non-hydrogen) atoms. The van der Waals surface area contributed by atoms with E-state index in [0.29, 0.717) is 6.54 Å². The Balaban J connectivity index is 2.63. The van der Waals surface area contributed by atoms with E-state index in [9.17, 15) is 4.79 Å². The number of nitrogens with one attached hydrogen (secondary N) is 1. The van der Waals surface area contributed by atoms with E-state index in [1.807, 2.05) is 0 Å². The molecule has 1 rings (SSSR count). The lowest BCUT2D eigenvalue weighted by atomic mass is 10.2. The van der Waals surface area contributed by atoms with Gasteiger partial charge in [0.1, 0.15) is 0 Å². The van der Waals surface area contributed by atoms with Crippen LogP contribution in [0, 0.1) is 13.8 Å². The van der Waals surface area contributed by atoms with E-state index in [1.165, 1.54) is 22.9 Å². The summed E-state index contributed by atoms with van der Waals surface area (Å²) in [5.74, 6) is 0.0262. The average molecular weight is 183 g/mol. The zero-order valence-corrected chi connectivity index (χ0v) is 8.42. The molecule has 1 N–H and O–H groups in total. The molecular formula is C9H13NOS. The quantitative estimate of drug-likeness (QED) is 0.746. The molecule has 0 saturated carbocycles. The number of aryl methyl sites for hydroxylation is 1. The summed E-state index contributed by atoms with van der Waals surface area (Å²) in [6.45, 7) is 6.38. The van der Waals surface area contributed by atoms with Crippen molar-refractivity contribution in [3.05, 3.63) is 21.4 Å². The zero-order chi connectivity index (χ0) is 9.14. The van der Waals surface area contributed by atoms with Crippen LogP contribution in [0.5, 0.6) is 0 Å². The number of carbonyl (C=O) groups is 1. The Morgan fingerprint density at radius 3 is 2.67 bits per heavy atom. The first-order chi connectivity index (χ1) is 5.61. The molecule has 0 aromatic carbocycles. The first-order valence-electron chi connectivity index (χ1n) is 3.89. The first kappa shape index (κ1) is 9.26. The van der Waals surface area contributed by atoms with Gasteiger partial charge in [-0.05, 0) is 30.4 Å². The molecule has 3 heteroatoms. The molecule has 1 heterocycles. The third-order valence-electron chi connectivity index (χ3n) is 1.92. The summed E-state index contributed by atoms with van der Waals surface area (Å²) in [7, 11) is 0. The molecule has 0 aliphatic heterocycles. The Morgan fingerprint density at radius 1 is 1.58 bits per heavy atom. The lowest BCUT2D eigenvalue weighted by Gasteiger charge is -2.00. The van der Waals surface area contributed by atoms with E-state index >= 15 is 0 Å². The normalized spacial score (nSPS) is 9.92. The Kier molecular flexibility index (Phi) is 2.87. The second-order valence-electron chi connectivity index (χ2n) is 2.85. The molecule has 0 aliphatic carbocycles. The summed E-state index contributed by atoms with van der Waals surface area (Å²) in [5.41, 5.74) is 2.53. The second kappa shape index (κ2) is 3.72. The zero-order valence-electron chi connectivity index (χ0n) is 7.60. The van der Waals surface area contributed by atoms with Crippen molar-refractivity contribution in [2.24, 2.45) is 0 Å². The lowest BCUT2D eigenvalue weighted by molar-refractivity contribution is -0.119. The van der Waals surface area contributed by atoms with Crippen molar-refractivity contribution in [1.82, 2.24) is 5.32 Å². The monoisotopic (exact) mass is 183 g/mol. The Labute approximate surface area is 76.6 Å². The Morgan fingerprint density at radius 2 is 2.25 bits per heavy atom. The Bertz CT molecular complexity index is 291. The predicted octanol–water partition coefficient (Wildman–Crippen LogP) is 2.00. The molecule has 0 radical (unpaired) electrons. The van der Waals surface area contributed by atoms with Gasteiger partial charge in [0.25, 0.3) is 0 Å². The maximum atomic E-state index is 10.6. The minimum atomic E-state index is 0.0262. The molecule has 2 nitrogen and oxygen atoms in total. The first-order valence-corrected chi connectivity index (χ1v) is 4.77. The van der Waals surface area contributed by atoms with Crippen molar-refractivity contribution >= 4 is 17.2 Å². The number of carbonyl (C=O) groups excluding carboxylic acids is 1. The number of rotatable bonds is 2. The van der Waals surface area contributed by atoms with Gasteiger partial charge in [-0.3, -0.25) is 4.79 Å². The summed E-state index contributed by atoms with van der Waals surface area (Å²) in [4.78, 5) is 12.0. The van der Waals surface area contributed by atoms with E-state index in [1.54, 1.807) is 11.3 Å². The summed E-state index contributed by atoms with van der Waals surface area (Å²) in [6, 6.07) is 0. The fraction of sp³-hybridized carbons (Fsp3) is 0.444. The highest BCUT2D eigenvalue weighted by atomic mass is 32.1. The highest BCUT2D eigenvalue weighted by molar-refractivity contribution is 7.10. The highest BCUT2D eigenvalue weighted by Gasteiger charge is 2.03. The summed E-state index contributed by atoms with van der Waals surface area (Å²) < 4.78 is 0. The fourth-order valence-electron chi connectivity index (χ4n) is 0.956. The van der Waals surface area contributed by atoms with Gasteiger partial charge < -0.3 is 5.32 Å². The third kappa shape index (κ3) is 2.08. The largest absolute Gasteiger partial charge is 0.352 e. The third-order valence-corrected chi connectivity index (χ3v) is 2.98. The van der Waals surface area contributed by atoms with Gasteiger partial charge in [-0.15, -0.1) is 11.3 Å². The van der Waals surface area contributed by atoms with Gasteiger partial charge in [0.2, 0.25) is 5.91 Å². The van der Waals surface area contributed by atoms with Crippen LogP contribution in [0.4, 0.5) is 0 Å². The van der Waals surface area contributed by atoms with Crippen LogP contribution >= 0.6 is 11.3 Å². The van der Waals surface area contributed by atoms with Crippen molar-refractivity contribution in [1.29, 1.82) is 0 Å². The van der Waals surface area contributed by atoms with Gasteiger partial charge >= 0.3 is 0 Å². The van der Waals surface area contributed by atoms with Gasteiger partial charge in [-0.25, -0.2) is 0 Å². The molecule has 1 aromatic rings. The molecule has 1 amide bonds. The highest BCUT2D eigenvalue weighted by Crippen LogP contribution is 2.19. The summed E-state index contributed by atoms with van der Waals surface area (Å²) in [5, 5.41) is 4.88. The van der Waals surface area contributed by atoms with E-state index in [-0.39, 0.29) is 5.91 Å². The van der Waals surface area contributed by atoms with Crippen LogP contribution < -0.4 is 5.32 Å². The molecule has 0 aliphatic rings. The van der Waals surface area contributed by atoms with Crippen LogP contribution in [0.2, 0.25) is 0 Å². The van der Waals surface area contributed by atoms with E-state index < -0.39 is 0 Å². The van der Waals surface area contributed by atoms with Crippen LogP contribution in [0.15, 0.2) is 5.38 Å². The molecule has 0 fully saturated rings. The van der Waals surface area contributed by atoms with Gasteiger partial charge in [0, 0.05) is 18.3 Å². The van der Waals surface area contributed by atoms with Crippen LogP contribution in [-0.4, -0.2) is 5.91 Å². The van der Waals surface area contributed by atoms with E-state index in [2.05, 4.69) is 24.5 Å². The maximum absolute atomic E-state index is 10.6. The van der Waals surface area contributed by atoms with Gasteiger partial charge in [0.05, 0.1) is 0 Å². The molecule has 0 spiro atoms. The molecule has 1 aromatic heterocycles. The van der Waals surface area contributed by atoms with Crippen molar-refractivity contribution in [3.63, 3.8) is 0 Å². The standard InChI is InChI=1S/C9H13NOS/c1-6-7(2)12-5-9(6)4-10-8(3)11/h5H,4H2,1-3H3,(H,10,11). The summed E-state index contributed by atoms with van der Waals surface area (Å²) in [6.07, 6.45) is 0. The predicted molar refractivity (Wildman–Crippen MR) is 51.3 cm³/mol. The molecule has 0 atom stereocenters. The number of thiophene rings is 1. The number of hydrogen-bond acceptors (Lipinski definition) is 2. The molecule has 0 bridgehead atoms. The average Bonchev–Trinajstić information content (AvgIpc) is 2.30. The van der Waals surface area contributed by atoms with Crippen molar-refractivity contribution in [2.75, 3.05) is 0 Å². The number of amides is 1. The van der Waals surface area contributed by atoms with Crippen LogP contribution in [0.25, 0.3) is 0 Å². The van der Waals surface area contributed by atoms with Crippen molar-refractivity contribution in [3.8, 4) is 0 Å². The minimum absolute atomic E-state index is 0.0262. The van der Waals surface area contributed by atoms with Crippen LogP contribution in [0.3, 0.4) is 0 Å². The summed E-state index contributed by atoms with van der Waals surface area (Å²) >= 11 is 1.73. The number of hydrogen-bond donors (Lipinski definition) is 1. The molecule has 66 valence electrons. The fourth-order valence-corrected chi connectivity index (χ4v) is 1.84.